The van der Waals surface area contributed by atoms with Crippen LogP contribution >= 0.6 is 0 Å². The van der Waals surface area contributed by atoms with Crippen molar-refractivity contribution in [1.82, 2.24) is 0 Å². The molecule has 1 aliphatic heterocycles. The third-order valence-corrected chi connectivity index (χ3v) is 19.0. The largest absolute Gasteiger partial charge is 0.506 e. The first-order valence-corrected chi connectivity index (χ1v) is 30.9. The normalized spacial score (nSPS) is 12.5. The number of fused-ring (bicyclic) bond motifs is 4. The van der Waals surface area contributed by atoms with Crippen molar-refractivity contribution in [3.63, 3.8) is 0 Å². The summed E-state index contributed by atoms with van der Waals surface area (Å²) in [6.07, 6.45) is 0. The fourth-order valence-electron chi connectivity index (χ4n) is 10.6. The lowest BCUT2D eigenvalue weighted by molar-refractivity contribution is 0.0682. The van der Waals surface area contributed by atoms with E-state index < -0.39 is 99.8 Å². The van der Waals surface area contributed by atoms with Crippen molar-refractivity contribution in [2.45, 2.75) is 61.1 Å². The van der Waals surface area contributed by atoms with Gasteiger partial charge in [0.2, 0.25) is 0 Å². The SMILES string of the molecule is Cc1cc(C)c(NS(=O)(=O)c2cc(C(=O)O)c(O)c3ccccc23)c(C)c1/N=c1\cc2oc3cc(Nc4c(C)cc(C)c(NS(=O)(=O)c5cc(C(=O)O)c(O)c6ccccc56)c4C)ccc3c(-c3ccccc3S(=O)(=O)O)c-2cc1S(=O)(=O)O. The number of nitrogens with zero attached hydrogens (tertiary/aromatic N) is 1. The Morgan fingerprint density at radius 3 is 1.48 bits per heavy atom. The number of aromatic hydroxyl groups is 2. The van der Waals surface area contributed by atoms with Crippen LogP contribution in [0.2, 0.25) is 0 Å². The second kappa shape index (κ2) is 20.8. The predicted octanol–water partition coefficient (Wildman–Crippen LogP) is 11.2. The number of carbonyl (C=O) groups is 2. The van der Waals surface area contributed by atoms with Gasteiger partial charge in [0.1, 0.15) is 43.8 Å². The van der Waals surface area contributed by atoms with Gasteiger partial charge >= 0.3 is 11.9 Å². The number of benzene rings is 9. The van der Waals surface area contributed by atoms with E-state index in [1.807, 2.05) is 0 Å². The number of sulfonamides is 2. The van der Waals surface area contributed by atoms with E-state index in [2.05, 4.69) is 14.8 Å². The molecule has 9 N–H and O–H groups in total. The molecule has 8 aromatic rings. The summed E-state index contributed by atoms with van der Waals surface area (Å²) in [6, 6.07) is 28.7. The van der Waals surface area contributed by atoms with E-state index in [4.69, 9.17) is 9.41 Å². The fraction of sp³-hybridized carbons (Fsp3) is 0.102. The number of hydrogen-bond acceptors (Lipinski definition) is 15. The van der Waals surface area contributed by atoms with E-state index in [-0.39, 0.29) is 77.6 Å². The minimum absolute atomic E-state index is 0.00202. The number of aromatic carboxylic acids is 2. The first-order valence-electron chi connectivity index (χ1n) is 25.0. The molecule has 0 saturated carbocycles. The molecule has 0 radical (unpaired) electrons. The highest BCUT2D eigenvalue weighted by atomic mass is 32.2. The predicted molar refractivity (Wildman–Crippen MR) is 314 cm³/mol. The molecule has 0 amide bonds. The highest BCUT2D eigenvalue weighted by Gasteiger charge is 2.31. The van der Waals surface area contributed by atoms with Crippen molar-refractivity contribution in [2.24, 2.45) is 4.99 Å². The number of carboxylic acids is 2. The van der Waals surface area contributed by atoms with Crippen molar-refractivity contribution in [2.75, 3.05) is 14.8 Å². The summed E-state index contributed by atoms with van der Waals surface area (Å²) < 4.78 is 144. The van der Waals surface area contributed by atoms with Gasteiger partial charge in [-0.15, -0.1) is 0 Å². The summed E-state index contributed by atoms with van der Waals surface area (Å²) in [6.45, 7) is 9.75. The zero-order valence-corrected chi connectivity index (χ0v) is 48.1. The summed E-state index contributed by atoms with van der Waals surface area (Å²) in [7, 11) is -19.5. The van der Waals surface area contributed by atoms with Gasteiger partial charge in [-0.3, -0.25) is 18.5 Å². The van der Waals surface area contributed by atoms with Crippen LogP contribution in [0.15, 0.2) is 156 Å². The Balaban J connectivity index is 1.14. The molecule has 430 valence electrons. The summed E-state index contributed by atoms with van der Waals surface area (Å²) in [5.41, 5.74) is 1.78. The maximum absolute atomic E-state index is 14.3. The van der Waals surface area contributed by atoms with Gasteiger partial charge in [0.25, 0.3) is 40.3 Å². The molecular weight excluding hydrogens is 1160 g/mol. The van der Waals surface area contributed by atoms with E-state index in [1.54, 1.807) is 52.8 Å². The molecular formula is C59H48N4O17S4. The lowest BCUT2D eigenvalue weighted by Gasteiger charge is -2.21. The van der Waals surface area contributed by atoms with Gasteiger partial charge in [-0.05, 0) is 111 Å². The topological polar surface area (TPSA) is 354 Å². The molecule has 0 aromatic heterocycles. The minimum atomic E-state index is -5.25. The first kappa shape index (κ1) is 57.8. The molecule has 84 heavy (non-hydrogen) atoms. The number of carboxylic acid groups (broad SMARTS) is 2. The third-order valence-electron chi connectivity index (χ3n) is 14.4. The Hall–Kier alpha value is -9.37. The monoisotopic (exact) mass is 1210 g/mol. The lowest BCUT2D eigenvalue weighted by atomic mass is 9.93. The molecule has 21 nitrogen and oxygen atoms in total. The number of hydrogen-bond donors (Lipinski definition) is 9. The second-order valence-electron chi connectivity index (χ2n) is 19.9. The van der Waals surface area contributed by atoms with Crippen LogP contribution in [0.25, 0.3) is 55.0 Å². The van der Waals surface area contributed by atoms with E-state index >= 15 is 0 Å². The van der Waals surface area contributed by atoms with Crippen LogP contribution in [-0.4, -0.2) is 75.1 Å². The number of anilines is 4. The molecule has 0 bridgehead atoms. The Kier molecular flexibility index (Phi) is 14.3. The summed E-state index contributed by atoms with van der Waals surface area (Å²) in [4.78, 5) is 26.8. The molecule has 1 aliphatic carbocycles. The third kappa shape index (κ3) is 10.3. The number of nitrogens with one attached hydrogen (secondary N) is 3. The van der Waals surface area contributed by atoms with Crippen LogP contribution in [-0.2, 0) is 40.3 Å². The smallest absolute Gasteiger partial charge is 0.339 e. The van der Waals surface area contributed by atoms with Gasteiger partial charge in [-0.25, -0.2) is 31.4 Å². The highest BCUT2D eigenvalue weighted by molar-refractivity contribution is 7.93. The zero-order chi connectivity index (χ0) is 60.9. The molecule has 0 atom stereocenters. The van der Waals surface area contributed by atoms with Crippen LogP contribution in [0.5, 0.6) is 11.5 Å². The lowest BCUT2D eigenvalue weighted by Crippen LogP contribution is -2.17. The van der Waals surface area contributed by atoms with E-state index in [0.717, 1.165) is 24.3 Å². The molecule has 0 spiro atoms. The second-order valence-corrected chi connectivity index (χ2v) is 26.0. The van der Waals surface area contributed by atoms with Gasteiger partial charge in [-0.1, -0.05) is 78.9 Å². The van der Waals surface area contributed by atoms with Gasteiger partial charge in [0.15, 0.2) is 0 Å². The fourth-order valence-corrected chi connectivity index (χ4v) is 14.8. The summed E-state index contributed by atoms with van der Waals surface area (Å²) in [5, 5.41) is 44.4. The highest BCUT2D eigenvalue weighted by Crippen LogP contribution is 2.46. The number of aryl methyl sites for hydroxylation is 4. The van der Waals surface area contributed by atoms with Crippen LogP contribution in [0.1, 0.15) is 54.1 Å². The van der Waals surface area contributed by atoms with Crippen molar-refractivity contribution in [1.29, 1.82) is 0 Å². The van der Waals surface area contributed by atoms with Crippen LogP contribution in [0, 0.1) is 41.5 Å². The van der Waals surface area contributed by atoms with E-state index in [0.29, 0.717) is 39.2 Å². The number of phenols is 2. The van der Waals surface area contributed by atoms with Crippen molar-refractivity contribution >= 4 is 113 Å². The zero-order valence-electron chi connectivity index (χ0n) is 44.9. The average molecular weight is 1210 g/mol. The first-order chi connectivity index (χ1) is 39.4. The Labute approximate surface area is 479 Å². The summed E-state index contributed by atoms with van der Waals surface area (Å²) >= 11 is 0. The van der Waals surface area contributed by atoms with Gasteiger partial charge in [0.05, 0.1) is 32.2 Å². The van der Waals surface area contributed by atoms with Gasteiger partial charge < -0.3 is 30.2 Å². The van der Waals surface area contributed by atoms with Crippen molar-refractivity contribution in [3.05, 3.63) is 177 Å². The molecule has 10 rings (SSSR count). The maximum atomic E-state index is 14.3. The van der Waals surface area contributed by atoms with Gasteiger partial charge in [-0.2, -0.15) is 16.8 Å². The molecule has 0 fully saturated rings. The Morgan fingerprint density at radius 2 is 0.952 bits per heavy atom. The van der Waals surface area contributed by atoms with Gasteiger partial charge in [0, 0.05) is 67.1 Å². The molecule has 25 heteroatoms. The quantitative estimate of drug-likeness (QED) is 0.0361. The minimum Gasteiger partial charge on any atom is -0.506 e. The Bertz CT molecular complexity index is 5080. The van der Waals surface area contributed by atoms with Crippen LogP contribution < -0.4 is 20.1 Å². The molecule has 0 unspecified atom stereocenters. The van der Waals surface area contributed by atoms with Crippen molar-refractivity contribution < 1.29 is 77.2 Å². The van der Waals surface area contributed by atoms with E-state index in [9.17, 15) is 72.8 Å². The average Bonchev–Trinajstić information content (AvgIpc) is 1.41. The molecule has 2 aliphatic rings. The van der Waals surface area contributed by atoms with Crippen molar-refractivity contribution in [3.8, 4) is 33.9 Å². The number of rotatable bonds is 14. The van der Waals surface area contributed by atoms with Crippen LogP contribution in [0.3, 0.4) is 0 Å². The van der Waals surface area contributed by atoms with Crippen LogP contribution in [0.4, 0.5) is 28.4 Å². The molecule has 8 aromatic carbocycles. The molecule has 0 saturated heterocycles. The Morgan fingerprint density at radius 1 is 0.476 bits per heavy atom. The molecule has 1 heterocycles. The summed E-state index contributed by atoms with van der Waals surface area (Å²) in [5.74, 6) is -4.54. The standard InChI is InChI=1S/C59H48N4O17S4/c1-28-21-30(3)54(62-81(70,71)48-25-42(58(66)67)56(64)37-15-9-7-13-35(37)48)32(5)52(28)60-34-19-20-39-45(23-34)80-46-27-44(50(84(77,78)79)24-41(46)51(39)40-17-11-12-18-47(40)83(74,75)76)61-53-29(2)22-31(4)55(33(53)6)63-82(72,73)49-26-43(59(68)69)57(65)38-16-10-8-14-36(38)49/h7-27,60,62-65H,1-6H3,(H,66,67)(H,68,69)(H,74,75,76)(H,77,78,79)/b61-44+. The maximum Gasteiger partial charge on any atom is 0.339 e. The van der Waals surface area contributed by atoms with E-state index in [1.165, 1.54) is 91.9 Å².